The van der Waals surface area contributed by atoms with E-state index >= 15 is 0 Å². The van der Waals surface area contributed by atoms with Crippen LogP contribution >= 0.6 is 11.6 Å². The van der Waals surface area contributed by atoms with E-state index in [0.29, 0.717) is 5.02 Å². The van der Waals surface area contributed by atoms with Crippen LogP contribution in [0.15, 0.2) is 24.3 Å². The molecule has 0 bridgehead atoms. The van der Waals surface area contributed by atoms with E-state index in [2.05, 4.69) is 5.32 Å². The number of fused-ring (bicyclic) bond motifs is 1. The lowest BCUT2D eigenvalue weighted by atomic mass is 10.1. The fourth-order valence-corrected chi connectivity index (χ4v) is 1.94. The van der Waals surface area contributed by atoms with Gasteiger partial charge >= 0.3 is 6.03 Å². The zero-order chi connectivity index (χ0) is 11.7. The lowest BCUT2D eigenvalue weighted by Crippen LogP contribution is -2.34. The van der Waals surface area contributed by atoms with Crippen LogP contribution in [0.2, 0.25) is 5.02 Å². The van der Waals surface area contributed by atoms with Gasteiger partial charge in [-0.05, 0) is 24.6 Å². The Morgan fingerprint density at radius 2 is 2.25 bits per heavy atom. The number of urea groups is 1. The van der Waals surface area contributed by atoms with E-state index in [0.717, 1.165) is 23.4 Å². The summed E-state index contributed by atoms with van der Waals surface area (Å²) in [7, 11) is 1.75. The highest BCUT2D eigenvalue weighted by molar-refractivity contribution is 6.31. The van der Waals surface area contributed by atoms with Crippen LogP contribution in [0.4, 0.5) is 10.5 Å². The summed E-state index contributed by atoms with van der Waals surface area (Å²) < 4.78 is 0. The molecular formula is C12H13ClN2O. The molecule has 0 atom stereocenters. The highest BCUT2D eigenvalue weighted by Gasteiger charge is 2.23. The van der Waals surface area contributed by atoms with E-state index in [1.165, 1.54) is 0 Å². The van der Waals surface area contributed by atoms with E-state index in [4.69, 9.17) is 11.6 Å². The third-order valence-corrected chi connectivity index (χ3v) is 2.80. The van der Waals surface area contributed by atoms with Crippen LogP contribution in [0, 0.1) is 0 Å². The van der Waals surface area contributed by atoms with Gasteiger partial charge in [0.1, 0.15) is 0 Å². The van der Waals surface area contributed by atoms with E-state index in [1.807, 2.05) is 25.1 Å². The summed E-state index contributed by atoms with van der Waals surface area (Å²) in [5.41, 5.74) is 2.69. The maximum Gasteiger partial charge on any atom is 0.326 e. The van der Waals surface area contributed by atoms with Crippen LogP contribution in [0.25, 0.3) is 5.70 Å². The summed E-state index contributed by atoms with van der Waals surface area (Å²) in [5.74, 6) is 0. The molecule has 1 aliphatic heterocycles. The minimum atomic E-state index is -0.116. The summed E-state index contributed by atoms with van der Waals surface area (Å²) in [6, 6.07) is 5.35. The number of nitrogens with one attached hydrogen (secondary N) is 1. The van der Waals surface area contributed by atoms with Crippen molar-refractivity contribution in [3.05, 3.63) is 34.9 Å². The average molecular weight is 237 g/mol. The lowest BCUT2D eigenvalue weighted by molar-refractivity contribution is 0.236. The SMILES string of the molecule is CC/C=C1\c2cc(Cl)ccc2NC(=O)N1C. The lowest BCUT2D eigenvalue weighted by Gasteiger charge is -2.29. The predicted molar refractivity (Wildman–Crippen MR) is 66.5 cm³/mol. The van der Waals surface area contributed by atoms with Crippen LogP contribution in [-0.4, -0.2) is 18.0 Å². The number of hydrogen-bond donors (Lipinski definition) is 1. The number of rotatable bonds is 1. The summed E-state index contributed by atoms with van der Waals surface area (Å²) in [5, 5.41) is 3.48. The molecule has 0 unspecified atom stereocenters. The fraction of sp³-hybridized carbons (Fsp3) is 0.250. The van der Waals surface area contributed by atoms with Crippen molar-refractivity contribution in [3.63, 3.8) is 0 Å². The molecule has 0 spiro atoms. The van der Waals surface area contributed by atoms with Crippen molar-refractivity contribution >= 4 is 29.0 Å². The molecule has 0 aromatic heterocycles. The Labute approximate surface area is 99.7 Å². The monoisotopic (exact) mass is 236 g/mol. The van der Waals surface area contributed by atoms with Gasteiger partial charge in [-0.1, -0.05) is 24.6 Å². The molecule has 0 saturated heterocycles. The molecule has 0 fully saturated rings. The van der Waals surface area contributed by atoms with Crippen molar-refractivity contribution in [2.75, 3.05) is 12.4 Å². The number of allylic oxidation sites excluding steroid dienone is 1. The van der Waals surface area contributed by atoms with Crippen molar-refractivity contribution in [2.45, 2.75) is 13.3 Å². The molecular weight excluding hydrogens is 224 g/mol. The standard InChI is InChI=1S/C12H13ClN2O/c1-3-4-11-9-7-8(13)5-6-10(9)14-12(16)15(11)2/h4-7H,3H2,1-2H3,(H,14,16)/b11-4+. The van der Waals surface area contributed by atoms with Gasteiger partial charge in [-0.15, -0.1) is 0 Å². The zero-order valence-electron chi connectivity index (χ0n) is 9.25. The van der Waals surface area contributed by atoms with Gasteiger partial charge in [0.2, 0.25) is 0 Å². The number of anilines is 1. The molecule has 1 N–H and O–H groups in total. The molecule has 0 saturated carbocycles. The molecule has 1 aromatic carbocycles. The molecule has 0 aliphatic carbocycles. The number of amides is 2. The molecule has 4 heteroatoms. The van der Waals surface area contributed by atoms with E-state index in [1.54, 1.807) is 18.0 Å². The van der Waals surface area contributed by atoms with Crippen LogP contribution in [0.1, 0.15) is 18.9 Å². The van der Waals surface area contributed by atoms with Crippen molar-refractivity contribution in [1.29, 1.82) is 0 Å². The molecule has 1 aliphatic rings. The predicted octanol–water partition coefficient (Wildman–Crippen LogP) is 3.57. The van der Waals surface area contributed by atoms with Crippen molar-refractivity contribution < 1.29 is 4.79 Å². The highest BCUT2D eigenvalue weighted by atomic mass is 35.5. The van der Waals surface area contributed by atoms with Crippen molar-refractivity contribution in [1.82, 2.24) is 4.90 Å². The second kappa shape index (κ2) is 4.18. The minimum Gasteiger partial charge on any atom is -0.307 e. The molecule has 2 rings (SSSR count). The summed E-state index contributed by atoms with van der Waals surface area (Å²) in [6.45, 7) is 2.04. The number of hydrogen-bond acceptors (Lipinski definition) is 1. The normalized spacial score (nSPS) is 17.3. The zero-order valence-corrected chi connectivity index (χ0v) is 10.0. The van der Waals surface area contributed by atoms with Gasteiger partial charge in [-0.25, -0.2) is 4.79 Å². The van der Waals surface area contributed by atoms with Gasteiger partial charge in [0.25, 0.3) is 0 Å². The van der Waals surface area contributed by atoms with Gasteiger partial charge in [0, 0.05) is 17.6 Å². The van der Waals surface area contributed by atoms with E-state index in [-0.39, 0.29) is 6.03 Å². The topological polar surface area (TPSA) is 32.3 Å². The molecule has 0 radical (unpaired) electrons. The third-order valence-electron chi connectivity index (χ3n) is 2.56. The Morgan fingerprint density at radius 3 is 2.94 bits per heavy atom. The van der Waals surface area contributed by atoms with Gasteiger partial charge < -0.3 is 5.32 Å². The second-order valence-electron chi connectivity index (χ2n) is 3.68. The van der Waals surface area contributed by atoms with Crippen LogP contribution in [0.3, 0.4) is 0 Å². The Balaban J connectivity index is 2.58. The first-order chi connectivity index (χ1) is 7.63. The Bertz CT molecular complexity index is 468. The summed E-state index contributed by atoms with van der Waals surface area (Å²) in [6.07, 6.45) is 2.90. The first kappa shape index (κ1) is 11.0. The van der Waals surface area contributed by atoms with E-state index < -0.39 is 0 Å². The highest BCUT2D eigenvalue weighted by Crippen LogP contribution is 2.33. The fourth-order valence-electron chi connectivity index (χ4n) is 1.77. The summed E-state index contributed by atoms with van der Waals surface area (Å²) >= 11 is 5.97. The van der Waals surface area contributed by atoms with Gasteiger partial charge in [-0.3, -0.25) is 4.90 Å². The molecule has 1 heterocycles. The van der Waals surface area contributed by atoms with Crippen LogP contribution in [0.5, 0.6) is 0 Å². The van der Waals surface area contributed by atoms with E-state index in [9.17, 15) is 4.79 Å². The van der Waals surface area contributed by atoms with Gasteiger partial charge in [-0.2, -0.15) is 0 Å². The molecule has 3 nitrogen and oxygen atoms in total. The first-order valence-corrected chi connectivity index (χ1v) is 5.56. The Kier molecular flexibility index (Phi) is 2.88. The Morgan fingerprint density at radius 1 is 1.50 bits per heavy atom. The summed E-state index contributed by atoms with van der Waals surface area (Å²) in [4.78, 5) is 13.3. The number of carbonyl (C=O) groups is 1. The average Bonchev–Trinajstić information content (AvgIpc) is 2.26. The number of nitrogens with zero attached hydrogens (tertiary/aromatic N) is 1. The molecule has 1 aromatic rings. The molecule has 84 valence electrons. The largest absolute Gasteiger partial charge is 0.326 e. The maximum atomic E-state index is 11.7. The molecule has 16 heavy (non-hydrogen) atoms. The van der Waals surface area contributed by atoms with Crippen LogP contribution in [-0.2, 0) is 0 Å². The minimum absolute atomic E-state index is 0.116. The number of carbonyl (C=O) groups excluding carboxylic acids is 1. The Hall–Kier alpha value is -1.48. The molecule has 2 amide bonds. The first-order valence-electron chi connectivity index (χ1n) is 5.18. The van der Waals surface area contributed by atoms with Gasteiger partial charge in [0.05, 0.1) is 11.4 Å². The van der Waals surface area contributed by atoms with Gasteiger partial charge in [0.15, 0.2) is 0 Å². The van der Waals surface area contributed by atoms with Crippen molar-refractivity contribution in [3.8, 4) is 0 Å². The van der Waals surface area contributed by atoms with Crippen LogP contribution < -0.4 is 5.32 Å². The second-order valence-corrected chi connectivity index (χ2v) is 4.11. The smallest absolute Gasteiger partial charge is 0.307 e. The number of halogens is 1. The third kappa shape index (κ3) is 1.78. The van der Waals surface area contributed by atoms with Crippen molar-refractivity contribution in [2.24, 2.45) is 0 Å². The maximum absolute atomic E-state index is 11.7. The number of benzene rings is 1. The quantitative estimate of drug-likeness (QED) is 0.794.